The number of aryl methyl sites for hydroxylation is 1. The minimum absolute atomic E-state index is 0.141. The van der Waals surface area contributed by atoms with E-state index in [1.54, 1.807) is 0 Å². The number of rotatable bonds is 4. The van der Waals surface area contributed by atoms with Crippen LogP contribution in [0.4, 0.5) is 0 Å². The Bertz CT molecular complexity index is 551. The molecule has 2 rings (SSSR count). The van der Waals surface area contributed by atoms with E-state index in [2.05, 4.69) is 44.9 Å². The Labute approximate surface area is 115 Å². The number of nitrogens with zero attached hydrogens (tertiary/aromatic N) is 2. The molecule has 0 radical (unpaired) electrons. The van der Waals surface area contributed by atoms with Gasteiger partial charge in [0.25, 0.3) is 0 Å². The highest BCUT2D eigenvalue weighted by Crippen LogP contribution is 2.25. The van der Waals surface area contributed by atoms with Gasteiger partial charge in [0.15, 0.2) is 0 Å². The van der Waals surface area contributed by atoms with Gasteiger partial charge in [-0.2, -0.15) is 5.10 Å². The van der Waals surface area contributed by atoms with Crippen molar-refractivity contribution >= 4 is 10.9 Å². The molecule has 0 saturated carbocycles. The fourth-order valence-corrected chi connectivity index (χ4v) is 2.59. The highest BCUT2D eigenvalue weighted by molar-refractivity contribution is 5.81. The monoisotopic (exact) mass is 260 g/mol. The second kappa shape index (κ2) is 5.33. The van der Waals surface area contributed by atoms with E-state index in [0.717, 1.165) is 29.6 Å². The first-order valence-corrected chi connectivity index (χ1v) is 7.03. The van der Waals surface area contributed by atoms with Gasteiger partial charge in [0, 0.05) is 18.4 Å². The van der Waals surface area contributed by atoms with Crippen molar-refractivity contribution in [1.29, 1.82) is 0 Å². The van der Waals surface area contributed by atoms with E-state index in [4.69, 9.17) is 0 Å². The zero-order chi connectivity index (χ0) is 14.0. The predicted octanol–water partition coefficient (Wildman–Crippen LogP) is 3.40. The third-order valence-corrected chi connectivity index (χ3v) is 3.31. The van der Waals surface area contributed by atoms with Crippen LogP contribution in [0, 0.1) is 5.41 Å². The van der Waals surface area contributed by atoms with E-state index >= 15 is 0 Å². The maximum Gasteiger partial charge on any atom is 0.0729 e. The summed E-state index contributed by atoms with van der Waals surface area (Å²) in [6, 6.07) is 8.24. The lowest BCUT2D eigenvalue weighted by atomic mass is 9.87. The zero-order valence-corrected chi connectivity index (χ0v) is 12.3. The van der Waals surface area contributed by atoms with Crippen LogP contribution in [0.5, 0.6) is 0 Å². The summed E-state index contributed by atoms with van der Waals surface area (Å²) in [6.07, 6.45) is 1.09. The first-order valence-electron chi connectivity index (χ1n) is 7.03. The molecule has 0 bridgehead atoms. The number of aliphatic hydroxyl groups excluding tert-OH is 1. The Hall–Kier alpha value is -1.35. The Balaban J connectivity index is 2.26. The van der Waals surface area contributed by atoms with Gasteiger partial charge < -0.3 is 5.11 Å². The van der Waals surface area contributed by atoms with Gasteiger partial charge in [-0.1, -0.05) is 39.0 Å². The van der Waals surface area contributed by atoms with Crippen LogP contribution in [0.1, 0.15) is 39.8 Å². The minimum atomic E-state index is -0.330. The summed E-state index contributed by atoms with van der Waals surface area (Å²) in [5, 5.41) is 16.0. The lowest BCUT2D eigenvalue weighted by Crippen LogP contribution is -2.20. The van der Waals surface area contributed by atoms with Crippen molar-refractivity contribution in [3.63, 3.8) is 0 Å². The Morgan fingerprint density at radius 2 is 1.95 bits per heavy atom. The fraction of sp³-hybridized carbons (Fsp3) is 0.562. The Morgan fingerprint density at radius 3 is 2.58 bits per heavy atom. The molecule has 0 aliphatic rings. The van der Waals surface area contributed by atoms with E-state index in [-0.39, 0.29) is 11.5 Å². The molecule has 2 aromatic rings. The molecule has 104 valence electrons. The van der Waals surface area contributed by atoms with Gasteiger partial charge in [-0.3, -0.25) is 4.68 Å². The first kappa shape index (κ1) is 14.1. The summed E-state index contributed by atoms with van der Waals surface area (Å²) < 4.78 is 2.01. The van der Waals surface area contributed by atoms with Gasteiger partial charge in [0.1, 0.15) is 0 Å². The number of hydrogen-bond acceptors (Lipinski definition) is 2. The van der Waals surface area contributed by atoms with Gasteiger partial charge in [-0.15, -0.1) is 0 Å². The molecular weight excluding hydrogens is 236 g/mol. The van der Waals surface area contributed by atoms with Gasteiger partial charge in [-0.05, 0) is 24.8 Å². The molecule has 1 N–H and O–H groups in total. The van der Waals surface area contributed by atoms with Crippen molar-refractivity contribution in [2.75, 3.05) is 0 Å². The van der Waals surface area contributed by atoms with Crippen molar-refractivity contribution in [3.05, 3.63) is 30.0 Å². The largest absolute Gasteiger partial charge is 0.393 e. The molecule has 1 aromatic heterocycles. The number of fused-ring (bicyclic) bond motifs is 1. The summed E-state index contributed by atoms with van der Waals surface area (Å²) in [7, 11) is 0. The molecule has 1 heterocycles. The van der Waals surface area contributed by atoms with Crippen molar-refractivity contribution in [1.82, 2.24) is 9.78 Å². The summed E-state index contributed by atoms with van der Waals surface area (Å²) >= 11 is 0. The van der Waals surface area contributed by atoms with Crippen molar-refractivity contribution < 1.29 is 5.11 Å². The lowest BCUT2D eigenvalue weighted by molar-refractivity contribution is 0.120. The smallest absolute Gasteiger partial charge is 0.0729 e. The lowest BCUT2D eigenvalue weighted by Gasteiger charge is -2.21. The van der Waals surface area contributed by atoms with Crippen LogP contribution >= 0.6 is 0 Å². The van der Waals surface area contributed by atoms with Crippen LogP contribution < -0.4 is 0 Å². The molecule has 1 aromatic carbocycles. The van der Waals surface area contributed by atoms with E-state index in [9.17, 15) is 5.11 Å². The molecule has 3 heteroatoms. The summed E-state index contributed by atoms with van der Waals surface area (Å²) in [5.74, 6) is 0. The molecular formula is C16H24N2O. The Morgan fingerprint density at radius 1 is 1.26 bits per heavy atom. The van der Waals surface area contributed by atoms with Crippen molar-refractivity contribution in [2.24, 2.45) is 5.41 Å². The van der Waals surface area contributed by atoms with Crippen LogP contribution in [0.25, 0.3) is 10.9 Å². The summed E-state index contributed by atoms with van der Waals surface area (Å²) in [5.41, 5.74) is 2.31. The number of aliphatic hydroxyl groups is 1. The minimum Gasteiger partial charge on any atom is -0.393 e. The Kier molecular flexibility index (Phi) is 3.95. The maximum absolute atomic E-state index is 10.2. The van der Waals surface area contributed by atoms with E-state index in [0.29, 0.717) is 6.42 Å². The topological polar surface area (TPSA) is 38.0 Å². The average molecular weight is 260 g/mol. The van der Waals surface area contributed by atoms with Gasteiger partial charge in [-0.25, -0.2) is 0 Å². The highest BCUT2D eigenvalue weighted by atomic mass is 16.3. The van der Waals surface area contributed by atoms with E-state index < -0.39 is 0 Å². The third-order valence-electron chi connectivity index (χ3n) is 3.31. The predicted molar refractivity (Wildman–Crippen MR) is 79.2 cm³/mol. The van der Waals surface area contributed by atoms with Gasteiger partial charge in [0.05, 0.1) is 17.3 Å². The quantitative estimate of drug-likeness (QED) is 0.915. The number of aromatic nitrogens is 2. The molecule has 0 fully saturated rings. The standard InChI is InChI=1S/C16H24N2O/c1-5-18-15-9-7-6-8-13(15)14(17-18)10-12(19)11-16(2,3)4/h6-9,12,19H,5,10-11H2,1-4H3. The number of para-hydroxylation sites is 1. The normalized spacial score (nSPS) is 13.9. The molecule has 0 amide bonds. The SMILES string of the molecule is CCn1nc(CC(O)CC(C)(C)C)c2ccccc21. The van der Waals surface area contributed by atoms with E-state index in [1.165, 1.54) is 0 Å². The number of hydrogen-bond donors (Lipinski definition) is 1. The van der Waals surface area contributed by atoms with Crippen molar-refractivity contribution in [3.8, 4) is 0 Å². The fourth-order valence-electron chi connectivity index (χ4n) is 2.59. The van der Waals surface area contributed by atoms with Crippen LogP contribution in [-0.4, -0.2) is 21.0 Å². The second-order valence-electron chi connectivity index (χ2n) is 6.40. The van der Waals surface area contributed by atoms with Crippen LogP contribution in [0.3, 0.4) is 0 Å². The number of benzene rings is 1. The molecule has 3 nitrogen and oxygen atoms in total. The van der Waals surface area contributed by atoms with Crippen molar-refractivity contribution in [2.45, 2.75) is 53.2 Å². The van der Waals surface area contributed by atoms with Gasteiger partial charge >= 0.3 is 0 Å². The van der Waals surface area contributed by atoms with Gasteiger partial charge in [0.2, 0.25) is 0 Å². The highest BCUT2D eigenvalue weighted by Gasteiger charge is 2.19. The molecule has 19 heavy (non-hydrogen) atoms. The molecule has 0 spiro atoms. The first-order chi connectivity index (χ1) is 8.90. The molecule has 0 aliphatic carbocycles. The van der Waals surface area contributed by atoms with Crippen LogP contribution in [0.2, 0.25) is 0 Å². The molecule has 1 atom stereocenters. The van der Waals surface area contributed by atoms with E-state index in [1.807, 2.05) is 16.8 Å². The molecule has 0 saturated heterocycles. The summed E-state index contributed by atoms with van der Waals surface area (Å²) in [4.78, 5) is 0. The second-order valence-corrected chi connectivity index (χ2v) is 6.40. The van der Waals surface area contributed by atoms with Crippen LogP contribution in [0.15, 0.2) is 24.3 Å². The maximum atomic E-state index is 10.2. The zero-order valence-electron chi connectivity index (χ0n) is 12.3. The average Bonchev–Trinajstić information content (AvgIpc) is 2.65. The molecule has 1 unspecified atom stereocenters. The van der Waals surface area contributed by atoms with Crippen LogP contribution in [-0.2, 0) is 13.0 Å². The summed E-state index contributed by atoms with van der Waals surface area (Å²) in [6.45, 7) is 9.40. The third kappa shape index (κ3) is 3.35. The molecule has 0 aliphatic heterocycles.